The zero-order valence-corrected chi connectivity index (χ0v) is 50.4. The van der Waals surface area contributed by atoms with E-state index in [1.807, 2.05) is 0 Å². The molecule has 0 fully saturated rings. The summed E-state index contributed by atoms with van der Waals surface area (Å²) in [5.41, 5.74) is 0. The molecule has 0 saturated carbocycles. The molecule has 0 aliphatic heterocycles. The summed E-state index contributed by atoms with van der Waals surface area (Å²) < 4.78 is 0. The van der Waals surface area contributed by atoms with Crippen molar-refractivity contribution in [2.75, 3.05) is 0 Å². The number of carbonyl (C=O) groups excluding carboxylic acids is 3. The number of Topliss-reactive ketones (excluding diaryl/α,β-unsaturated/α-hetero) is 3. The lowest BCUT2D eigenvalue weighted by molar-refractivity contribution is -0.133. The molecule has 0 spiro atoms. The van der Waals surface area contributed by atoms with Crippen LogP contribution in [0.2, 0.25) is 0 Å². The summed E-state index contributed by atoms with van der Waals surface area (Å²) in [5.74, 6) is 0.477. The van der Waals surface area contributed by atoms with Crippen molar-refractivity contribution in [3.8, 4) is 0 Å². The molecule has 3 heteroatoms. The summed E-state index contributed by atoms with van der Waals surface area (Å²) in [5, 5.41) is 0. The average Bonchev–Trinajstić information content (AvgIpc) is 3.41. The van der Waals surface area contributed by atoms with Crippen molar-refractivity contribution in [2.24, 2.45) is 5.92 Å². The van der Waals surface area contributed by atoms with Gasteiger partial charge in [0.2, 0.25) is 0 Å². The summed E-state index contributed by atoms with van der Waals surface area (Å²) in [4.78, 5) is 39.3. The lowest BCUT2D eigenvalue weighted by Gasteiger charge is -2.15. The van der Waals surface area contributed by atoms with E-state index in [1.165, 1.54) is 199 Å². The fourth-order valence-electron chi connectivity index (χ4n) is 10.0. The Bertz CT molecular complexity index is 1420. The lowest BCUT2D eigenvalue weighted by Crippen LogP contribution is -2.24. The van der Waals surface area contributed by atoms with Crippen LogP contribution in [-0.4, -0.2) is 17.3 Å². The number of hydrogen-bond donors (Lipinski definition) is 0. The van der Waals surface area contributed by atoms with Crippen molar-refractivity contribution < 1.29 is 14.4 Å². The van der Waals surface area contributed by atoms with E-state index in [0.29, 0.717) is 25.0 Å². The maximum atomic E-state index is 13.5. The second kappa shape index (κ2) is 63.7. The van der Waals surface area contributed by atoms with E-state index in [-0.39, 0.29) is 11.6 Å². The predicted octanol–water partition coefficient (Wildman–Crippen LogP) is 24.2. The molecular formula is C72H126O3. The van der Waals surface area contributed by atoms with Crippen LogP contribution in [0.15, 0.2) is 85.1 Å². The highest BCUT2D eigenvalue weighted by atomic mass is 16.2. The number of allylic oxidation sites excluding steroid dienone is 14. The third-order valence-corrected chi connectivity index (χ3v) is 15.1. The normalized spacial score (nSPS) is 12.8. The maximum Gasteiger partial charge on any atom is 0.143 e. The van der Waals surface area contributed by atoms with Crippen LogP contribution in [0.3, 0.4) is 0 Å². The topological polar surface area (TPSA) is 51.2 Å². The Morgan fingerprint density at radius 3 is 0.787 bits per heavy atom. The molecule has 1 atom stereocenters. The smallest absolute Gasteiger partial charge is 0.143 e. The van der Waals surface area contributed by atoms with Gasteiger partial charge in [0.15, 0.2) is 0 Å². The minimum atomic E-state index is -0.401. The Hall–Kier alpha value is -2.81. The molecule has 0 aromatic rings. The van der Waals surface area contributed by atoms with E-state index in [9.17, 15) is 14.4 Å². The van der Waals surface area contributed by atoms with Crippen molar-refractivity contribution in [1.82, 2.24) is 0 Å². The molecule has 1 unspecified atom stereocenters. The van der Waals surface area contributed by atoms with Gasteiger partial charge in [-0.15, -0.1) is 0 Å². The first-order valence-electron chi connectivity index (χ1n) is 33.2. The van der Waals surface area contributed by atoms with Crippen molar-refractivity contribution in [3.05, 3.63) is 85.1 Å². The Morgan fingerprint density at radius 1 is 0.240 bits per heavy atom. The summed E-state index contributed by atoms with van der Waals surface area (Å²) in [6.45, 7) is 6.82. The van der Waals surface area contributed by atoms with Gasteiger partial charge < -0.3 is 0 Å². The number of ketones is 3. The van der Waals surface area contributed by atoms with Crippen LogP contribution in [-0.2, 0) is 14.4 Å². The molecule has 0 rings (SSSR count). The van der Waals surface area contributed by atoms with Gasteiger partial charge >= 0.3 is 0 Å². The first kappa shape index (κ1) is 72.2. The van der Waals surface area contributed by atoms with E-state index in [0.717, 1.165) is 109 Å². The summed E-state index contributed by atoms with van der Waals surface area (Å²) >= 11 is 0. The van der Waals surface area contributed by atoms with Gasteiger partial charge in [0, 0.05) is 25.7 Å². The molecule has 3 nitrogen and oxygen atoms in total. The highest BCUT2D eigenvalue weighted by Gasteiger charge is 2.24. The minimum Gasteiger partial charge on any atom is -0.300 e. The SMILES string of the molecule is CCCCCC=CCC=CCCCCCCCC(=O)C(CCCC=CCC=CCC=CCC=CCCCCCC(=O)CCCCCCCC=CCCCCCCCC)C(=O)CCCCCCCCCCCCCCC. The first-order valence-corrected chi connectivity index (χ1v) is 33.2. The fraction of sp³-hybridized carbons (Fsp3) is 0.764. The zero-order valence-electron chi connectivity index (χ0n) is 50.4. The Morgan fingerprint density at radius 2 is 0.453 bits per heavy atom. The van der Waals surface area contributed by atoms with E-state index in [1.54, 1.807) is 0 Å². The van der Waals surface area contributed by atoms with Gasteiger partial charge in [-0.3, -0.25) is 14.4 Å². The Balaban J connectivity index is 4.25. The molecule has 0 aliphatic carbocycles. The Kier molecular flexibility index (Phi) is 61.3. The van der Waals surface area contributed by atoms with Gasteiger partial charge in [-0.05, 0) is 135 Å². The van der Waals surface area contributed by atoms with Crippen LogP contribution < -0.4 is 0 Å². The summed E-state index contributed by atoms with van der Waals surface area (Å²) in [7, 11) is 0. The molecule has 0 N–H and O–H groups in total. The number of rotatable bonds is 61. The van der Waals surface area contributed by atoms with Gasteiger partial charge in [-0.25, -0.2) is 0 Å². The lowest BCUT2D eigenvalue weighted by atomic mass is 9.87. The second-order valence-corrected chi connectivity index (χ2v) is 22.5. The molecule has 0 radical (unpaired) electrons. The van der Waals surface area contributed by atoms with E-state index in [4.69, 9.17) is 0 Å². The number of carbonyl (C=O) groups is 3. The molecule has 432 valence electrons. The highest BCUT2D eigenvalue weighted by molar-refractivity contribution is 6.02. The van der Waals surface area contributed by atoms with Gasteiger partial charge in [-0.2, -0.15) is 0 Å². The van der Waals surface area contributed by atoms with Crippen molar-refractivity contribution in [3.63, 3.8) is 0 Å². The molecular weight excluding hydrogens is 913 g/mol. The third kappa shape index (κ3) is 58.7. The van der Waals surface area contributed by atoms with Gasteiger partial charge in [-0.1, -0.05) is 273 Å². The third-order valence-electron chi connectivity index (χ3n) is 15.1. The van der Waals surface area contributed by atoms with Crippen molar-refractivity contribution >= 4 is 17.3 Å². The number of unbranched alkanes of at least 4 members (excludes halogenated alkanes) is 35. The van der Waals surface area contributed by atoms with Crippen LogP contribution >= 0.6 is 0 Å². The van der Waals surface area contributed by atoms with Crippen LogP contribution in [0.4, 0.5) is 0 Å². The van der Waals surface area contributed by atoms with Crippen LogP contribution in [0.5, 0.6) is 0 Å². The predicted molar refractivity (Wildman–Crippen MR) is 335 cm³/mol. The van der Waals surface area contributed by atoms with E-state index < -0.39 is 5.92 Å². The molecule has 0 aromatic carbocycles. The van der Waals surface area contributed by atoms with Crippen LogP contribution in [0, 0.1) is 5.92 Å². The quantitative estimate of drug-likeness (QED) is 0.0346. The molecule has 0 aromatic heterocycles. The number of hydrogen-bond acceptors (Lipinski definition) is 3. The van der Waals surface area contributed by atoms with Crippen LogP contribution in [0.25, 0.3) is 0 Å². The molecule has 75 heavy (non-hydrogen) atoms. The second-order valence-electron chi connectivity index (χ2n) is 22.5. The van der Waals surface area contributed by atoms with Crippen LogP contribution in [0.1, 0.15) is 348 Å². The molecule has 0 saturated heterocycles. The van der Waals surface area contributed by atoms with E-state index in [2.05, 4.69) is 106 Å². The standard InChI is InChI=1S/C72H126O3/c1-4-7-10-13-16-19-22-25-30-35-39-44-49-54-59-64-69(73)65-60-55-50-45-40-36-32-28-27-29-33-37-41-46-51-56-61-66-70(71(74)67-62-57-52-47-42-34-24-21-18-15-12-9-6-3)72(75)68-63-58-53-48-43-38-31-26-23-20-17-14-11-8-5-2/h17,20,25-28,30-31,33,36-37,40,46,51,70H,4-16,18-19,21-24,29,32,34-35,38-39,41-45,47-50,52-68H2,1-3H3. The minimum absolute atomic E-state index is 0.203. The van der Waals surface area contributed by atoms with E-state index >= 15 is 0 Å². The Labute approximate surface area is 468 Å². The highest BCUT2D eigenvalue weighted by Crippen LogP contribution is 2.21. The van der Waals surface area contributed by atoms with Gasteiger partial charge in [0.05, 0.1) is 5.92 Å². The summed E-state index contributed by atoms with van der Waals surface area (Å²) in [6.07, 6.45) is 91.2. The molecule has 0 amide bonds. The molecule has 0 bridgehead atoms. The fourth-order valence-corrected chi connectivity index (χ4v) is 10.0. The van der Waals surface area contributed by atoms with Crippen molar-refractivity contribution in [2.45, 2.75) is 348 Å². The monoisotopic (exact) mass is 1040 g/mol. The maximum absolute atomic E-state index is 13.5. The first-order chi connectivity index (χ1) is 37.1. The summed E-state index contributed by atoms with van der Waals surface area (Å²) in [6, 6.07) is 0. The zero-order chi connectivity index (χ0) is 54.3. The molecule has 0 aliphatic rings. The average molecular weight is 1040 g/mol. The van der Waals surface area contributed by atoms with Crippen molar-refractivity contribution in [1.29, 1.82) is 0 Å². The van der Waals surface area contributed by atoms with Gasteiger partial charge in [0.25, 0.3) is 0 Å². The van der Waals surface area contributed by atoms with Gasteiger partial charge in [0.1, 0.15) is 17.3 Å². The largest absolute Gasteiger partial charge is 0.300 e. The molecule has 0 heterocycles.